The van der Waals surface area contributed by atoms with Crippen LogP contribution in [0.25, 0.3) is 22.2 Å². The topological polar surface area (TPSA) is 98.1 Å². The van der Waals surface area contributed by atoms with Gasteiger partial charge in [0.2, 0.25) is 0 Å². The largest absolute Gasteiger partial charge is 0.465 e. The van der Waals surface area contributed by atoms with Gasteiger partial charge in [-0.2, -0.15) is 18.3 Å². The van der Waals surface area contributed by atoms with E-state index in [-0.39, 0.29) is 24.8 Å². The molecule has 2 N–H and O–H groups in total. The Morgan fingerprint density at radius 2 is 1.71 bits per heavy atom. The van der Waals surface area contributed by atoms with E-state index < -0.39 is 17.8 Å². The third-order valence-corrected chi connectivity index (χ3v) is 6.38. The van der Waals surface area contributed by atoms with Crippen LogP contribution in [-0.2, 0) is 22.3 Å². The van der Waals surface area contributed by atoms with Gasteiger partial charge in [-0.05, 0) is 74.2 Å². The maximum Gasteiger partial charge on any atom is 0.416 e. The summed E-state index contributed by atoms with van der Waals surface area (Å²) in [5.74, 6) is -0.0270. The maximum absolute atomic E-state index is 13.0. The number of nitrogens with zero attached hydrogens (tertiary/aromatic N) is 3. The number of ether oxygens (including phenoxy) is 1. The number of carbonyl (C=O) groups excluding carboxylic acids is 2. The van der Waals surface area contributed by atoms with E-state index >= 15 is 0 Å². The SMILES string of the molecule is CC.CCOC(=O)Cn1nc(C)c2c(-c3ccc(NC(=O)Nc4cccc(C(F)(F)F)c4)cc3)cc(C3CC3)nc21. The van der Waals surface area contributed by atoms with Gasteiger partial charge in [-0.25, -0.2) is 14.5 Å². The van der Waals surface area contributed by atoms with Crippen molar-refractivity contribution in [3.63, 3.8) is 0 Å². The van der Waals surface area contributed by atoms with Gasteiger partial charge in [0, 0.05) is 28.4 Å². The van der Waals surface area contributed by atoms with Crippen LogP contribution in [0.15, 0.2) is 54.6 Å². The number of hydrogen-bond donors (Lipinski definition) is 2. The van der Waals surface area contributed by atoms with Crippen LogP contribution in [0.2, 0.25) is 0 Å². The highest BCUT2D eigenvalue weighted by Gasteiger charge is 2.30. The zero-order chi connectivity index (χ0) is 29.7. The molecule has 41 heavy (non-hydrogen) atoms. The Kier molecular flexibility index (Phi) is 8.95. The first-order valence-corrected chi connectivity index (χ1v) is 13.5. The molecule has 0 saturated heterocycles. The van der Waals surface area contributed by atoms with Crippen LogP contribution in [0.4, 0.5) is 29.3 Å². The van der Waals surface area contributed by atoms with Gasteiger partial charge in [0.05, 0.1) is 17.9 Å². The first kappa shape index (κ1) is 29.6. The molecule has 1 aliphatic rings. The van der Waals surface area contributed by atoms with Gasteiger partial charge in [0.25, 0.3) is 0 Å². The number of carbonyl (C=O) groups is 2. The molecule has 5 rings (SSSR count). The number of rotatable bonds is 7. The molecule has 11 heteroatoms. The molecular weight excluding hydrogens is 535 g/mol. The molecule has 1 aliphatic carbocycles. The number of nitrogens with one attached hydrogen (secondary N) is 2. The predicted molar refractivity (Wildman–Crippen MR) is 152 cm³/mol. The Bertz CT molecular complexity index is 1540. The molecule has 0 atom stereocenters. The van der Waals surface area contributed by atoms with Gasteiger partial charge >= 0.3 is 18.2 Å². The molecule has 0 aliphatic heterocycles. The molecule has 216 valence electrons. The van der Waals surface area contributed by atoms with Crippen LogP contribution in [0.3, 0.4) is 0 Å². The fourth-order valence-electron chi connectivity index (χ4n) is 4.43. The van der Waals surface area contributed by atoms with Crippen molar-refractivity contribution in [2.75, 3.05) is 17.2 Å². The lowest BCUT2D eigenvalue weighted by molar-refractivity contribution is -0.144. The Morgan fingerprint density at radius 1 is 1.02 bits per heavy atom. The second kappa shape index (κ2) is 12.4. The molecule has 0 spiro atoms. The number of aromatic nitrogens is 3. The number of amides is 2. The standard InChI is InChI=1S/C28H26F3N5O3.C2H6/c1-3-39-24(37)15-36-26-25(16(2)35-36)22(14-23(34-26)18-7-8-18)17-9-11-20(12-10-17)32-27(38)33-21-6-4-5-19(13-21)28(29,30)31;1-2/h4-6,9-14,18H,3,7-8,15H2,1-2H3,(H2,32,33,38);1-2H3. The number of hydrogen-bond acceptors (Lipinski definition) is 5. The van der Waals surface area contributed by atoms with E-state index in [1.54, 1.807) is 23.7 Å². The van der Waals surface area contributed by atoms with Crippen LogP contribution in [0.1, 0.15) is 56.5 Å². The monoisotopic (exact) mass is 567 g/mol. The molecule has 2 amide bonds. The Hall–Kier alpha value is -4.41. The van der Waals surface area contributed by atoms with Crippen LogP contribution in [-0.4, -0.2) is 33.4 Å². The highest BCUT2D eigenvalue weighted by molar-refractivity contribution is 6.00. The number of benzene rings is 2. The van der Waals surface area contributed by atoms with Crippen molar-refractivity contribution in [1.82, 2.24) is 14.8 Å². The minimum atomic E-state index is -4.50. The van der Waals surface area contributed by atoms with E-state index in [1.165, 1.54) is 12.1 Å². The molecule has 0 bridgehead atoms. The van der Waals surface area contributed by atoms with E-state index in [4.69, 9.17) is 9.72 Å². The summed E-state index contributed by atoms with van der Waals surface area (Å²) in [6, 6.07) is 12.9. The zero-order valence-electron chi connectivity index (χ0n) is 23.3. The molecule has 2 aromatic heterocycles. The molecule has 4 aromatic rings. The number of aryl methyl sites for hydroxylation is 1. The molecule has 0 radical (unpaired) electrons. The summed E-state index contributed by atoms with van der Waals surface area (Å²) in [6.07, 6.45) is -2.41. The van der Waals surface area contributed by atoms with Gasteiger partial charge in [-0.1, -0.05) is 32.0 Å². The number of anilines is 2. The van der Waals surface area contributed by atoms with Crippen molar-refractivity contribution in [2.24, 2.45) is 0 Å². The summed E-state index contributed by atoms with van der Waals surface area (Å²) in [5.41, 5.74) is 3.70. The highest BCUT2D eigenvalue weighted by atomic mass is 19.4. The first-order valence-electron chi connectivity index (χ1n) is 13.5. The second-order valence-electron chi connectivity index (χ2n) is 9.35. The van der Waals surface area contributed by atoms with Crippen molar-refractivity contribution in [1.29, 1.82) is 0 Å². The second-order valence-corrected chi connectivity index (χ2v) is 9.35. The summed E-state index contributed by atoms with van der Waals surface area (Å²) in [6.45, 7) is 7.85. The number of pyridine rings is 1. The van der Waals surface area contributed by atoms with Crippen molar-refractivity contribution < 1.29 is 27.5 Å². The summed E-state index contributed by atoms with van der Waals surface area (Å²) in [7, 11) is 0. The van der Waals surface area contributed by atoms with Gasteiger partial charge in [0.1, 0.15) is 6.54 Å². The fraction of sp³-hybridized carbons (Fsp3) is 0.333. The lowest BCUT2D eigenvalue weighted by Gasteiger charge is -2.12. The fourth-order valence-corrected chi connectivity index (χ4v) is 4.43. The predicted octanol–water partition coefficient (Wildman–Crippen LogP) is 7.54. The van der Waals surface area contributed by atoms with E-state index in [0.717, 1.165) is 52.9 Å². The van der Waals surface area contributed by atoms with Crippen molar-refractivity contribution in [3.05, 3.63) is 71.5 Å². The van der Waals surface area contributed by atoms with Gasteiger partial charge < -0.3 is 15.4 Å². The van der Waals surface area contributed by atoms with E-state index in [2.05, 4.69) is 15.7 Å². The Labute approximate surface area is 235 Å². The van der Waals surface area contributed by atoms with Crippen molar-refractivity contribution in [2.45, 2.75) is 59.2 Å². The van der Waals surface area contributed by atoms with E-state index in [0.29, 0.717) is 17.3 Å². The number of urea groups is 1. The van der Waals surface area contributed by atoms with Crippen LogP contribution < -0.4 is 10.6 Å². The first-order chi connectivity index (χ1) is 19.6. The minimum Gasteiger partial charge on any atom is -0.465 e. The average molecular weight is 568 g/mol. The lowest BCUT2D eigenvalue weighted by Crippen LogP contribution is -2.19. The van der Waals surface area contributed by atoms with Crippen molar-refractivity contribution in [3.8, 4) is 11.1 Å². The summed E-state index contributed by atoms with van der Waals surface area (Å²) in [4.78, 5) is 29.4. The van der Waals surface area contributed by atoms with Gasteiger partial charge in [0.15, 0.2) is 5.65 Å². The smallest absolute Gasteiger partial charge is 0.416 e. The number of fused-ring (bicyclic) bond motifs is 1. The summed E-state index contributed by atoms with van der Waals surface area (Å²) < 4.78 is 45.5. The van der Waals surface area contributed by atoms with Gasteiger partial charge in [-0.15, -0.1) is 0 Å². The minimum absolute atomic E-state index is 0.0287. The molecular formula is C30H32F3N5O3. The van der Waals surface area contributed by atoms with Gasteiger partial charge in [-0.3, -0.25) is 4.79 Å². The zero-order valence-corrected chi connectivity index (χ0v) is 23.3. The molecule has 8 nitrogen and oxygen atoms in total. The molecule has 0 unspecified atom stereocenters. The van der Waals surface area contributed by atoms with Crippen LogP contribution >= 0.6 is 0 Å². The normalized spacial score (nSPS) is 12.9. The van der Waals surface area contributed by atoms with Crippen LogP contribution in [0, 0.1) is 6.92 Å². The third-order valence-electron chi connectivity index (χ3n) is 6.38. The number of alkyl halides is 3. The Morgan fingerprint density at radius 3 is 2.34 bits per heavy atom. The number of halogens is 3. The Balaban J connectivity index is 0.00000189. The van der Waals surface area contributed by atoms with Crippen LogP contribution in [0.5, 0.6) is 0 Å². The maximum atomic E-state index is 13.0. The quantitative estimate of drug-likeness (QED) is 0.225. The van der Waals surface area contributed by atoms with E-state index in [9.17, 15) is 22.8 Å². The molecule has 2 heterocycles. The third kappa shape index (κ3) is 7.03. The molecule has 1 saturated carbocycles. The number of esters is 1. The average Bonchev–Trinajstić information content (AvgIpc) is 3.74. The molecule has 1 fully saturated rings. The lowest BCUT2D eigenvalue weighted by atomic mass is 10.00. The summed E-state index contributed by atoms with van der Waals surface area (Å²) in [5, 5.41) is 10.4. The van der Waals surface area contributed by atoms with E-state index in [1.807, 2.05) is 39.0 Å². The van der Waals surface area contributed by atoms with Crippen molar-refractivity contribution >= 4 is 34.4 Å². The summed E-state index contributed by atoms with van der Waals surface area (Å²) >= 11 is 0. The highest BCUT2D eigenvalue weighted by Crippen LogP contribution is 2.42. The molecule has 2 aromatic carbocycles.